The van der Waals surface area contributed by atoms with Crippen LogP contribution in [-0.2, 0) is 14.8 Å². The number of carboxylic acids is 1. The maximum atomic E-state index is 12.0. The van der Waals surface area contributed by atoms with Crippen molar-refractivity contribution >= 4 is 27.3 Å². The number of carbonyl (C=O) groups is 1. The molecule has 0 saturated heterocycles. The molecule has 100 valence electrons. The third kappa shape index (κ3) is 2.90. The Hall–Kier alpha value is -0.920. The van der Waals surface area contributed by atoms with Crippen LogP contribution in [0.2, 0.25) is 0 Å². The second-order valence-electron chi connectivity index (χ2n) is 4.53. The Morgan fingerprint density at radius 2 is 2.17 bits per heavy atom. The highest BCUT2D eigenvalue weighted by atomic mass is 32.2. The lowest BCUT2D eigenvalue weighted by Crippen LogP contribution is -2.32. The highest BCUT2D eigenvalue weighted by Crippen LogP contribution is 2.28. The lowest BCUT2D eigenvalue weighted by Gasteiger charge is -2.11. The molecule has 1 aliphatic rings. The number of hydrogen-bond donors (Lipinski definition) is 2. The summed E-state index contributed by atoms with van der Waals surface area (Å²) in [7, 11) is -3.50. The summed E-state index contributed by atoms with van der Waals surface area (Å²) in [6, 6.07) is 3.07. The van der Waals surface area contributed by atoms with E-state index < -0.39 is 21.9 Å². The molecule has 1 fully saturated rings. The second kappa shape index (κ2) is 4.99. The Kier molecular flexibility index (Phi) is 3.74. The average molecular weight is 289 g/mol. The molecule has 1 heterocycles. The first-order valence-electron chi connectivity index (χ1n) is 5.70. The number of sulfonamides is 1. The number of aliphatic carboxylic acids is 1. The molecule has 0 spiro atoms. The van der Waals surface area contributed by atoms with E-state index >= 15 is 0 Å². The Balaban J connectivity index is 2.04. The molecular weight excluding hydrogens is 274 g/mol. The van der Waals surface area contributed by atoms with Gasteiger partial charge in [-0.05, 0) is 38.3 Å². The summed E-state index contributed by atoms with van der Waals surface area (Å²) in [5, 5.41) is 8.87. The van der Waals surface area contributed by atoms with E-state index in [-0.39, 0.29) is 6.04 Å². The molecule has 1 aliphatic carbocycles. The van der Waals surface area contributed by atoms with Crippen molar-refractivity contribution in [3.8, 4) is 0 Å². The van der Waals surface area contributed by atoms with Crippen molar-refractivity contribution in [1.29, 1.82) is 0 Å². The first kappa shape index (κ1) is 13.5. The molecule has 1 aromatic heterocycles. The third-order valence-electron chi connectivity index (χ3n) is 3.08. The van der Waals surface area contributed by atoms with Crippen molar-refractivity contribution < 1.29 is 18.3 Å². The first-order chi connectivity index (χ1) is 8.38. The summed E-state index contributed by atoms with van der Waals surface area (Å²) >= 11 is 1.22. The normalized spacial score (nSPS) is 24.3. The average Bonchev–Trinajstić information content (AvgIpc) is 2.86. The van der Waals surface area contributed by atoms with Crippen LogP contribution in [0.25, 0.3) is 0 Å². The van der Waals surface area contributed by atoms with E-state index in [0.717, 1.165) is 4.88 Å². The fourth-order valence-corrected chi connectivity index (χ4v) is 4.73. The number of nitrogens with one attached hydrogen (secondary N) is 1. The predicted molar refractivity (Wildman–Crippen MR) is 68.1 cm³/mol. The van der Waals surface area contributed by atoms with Gasteiger partial charge in [-0.1, -0.05) is 0 Å². The van der Waals surface area contributed by atoms with Crippen LogP contribution in [0, 0.1) is 12.8 Å². The van der Waals surface area contributed by atoms with Crippen molar-refractivity contribution in [2.45, 2.75) is 36.4 Å². The van der Waals surface area contributed by atoms with Gasteiger partial charge in [0, 0.05) is 10.9 Å². The van der Waals surface area contributed by atoms with Crippen molar-refractivity contribution in [3.05, 3.63) is 17.0 Å². The van der Waals surface area contributed by atoms with Crippen LogP contribution in [0.1, 0.15) is 24.1 Å². The third-order valence-corrected chi connectivity index (χ3v) is 6.10. The molecule has 0 amide bonds. The Labute approximate surface area is 110 Å². The maximum absolute atomic E-state index is 12.0. The molecule has 1 saturated carbocycles. The van der Waals surface area contributed by atoms with Gasteiger partial charge in [0.25, 0.3) is 0 Å². The second-order valence-corrected chi connectivity index (χ2v) is 7.76. The lowest BCUT2D eigenvalue weighted by molar-refractivity contribution is -0.141. The summed E-state index contributed by atoms with van der Waals surface area (Å²) in [4.78, 5) is 11.7. The van der Waals surface area contributed by atoms with Gasteiger partial charge in [-0.2, -0.15) is 0 Å². The van der Waals surface area contributed by atoms with Gasteiger partial charge in [-0.3, -0.25) is 4.79 Å². The topological polar surface area (TPSA) is 83.5 Å². The highest BCUT2D eigenvalue weighted by Gasteiger charge is 2.32. The minimum Gasteiger partial charge on any atom is -0.481 e. The van der Waals surface area contributed by atoms with Crippen LogP contribution in [0.4, 0.5) is 0 Å². The summed E-state index contributed by atoms with van der Waals surface area (Å²) in [6.07, 6.45) is 1.49. The highest BCUT2D eigenvalue weighted by molar-refractivity contribution is 7.91. The van der Waals surface area contributed by atoms with Crippen molar-refractivity contribution in [2.24, 2.45) is 5.92 Å². The quantitative estimate of drug-likeness (QED) is 0.881. The zero-order valence-corrected chi connectivity index (χ0v) is 11.6. The summed E-state index contributed by atoms with van der Waals surface area (Å²) in [5.41, 5.74) is 0. The minimum atomic E-state index is -3.50. The largest absolute Gasteiger partial charge is 0.481 e. The van der Waals surface area contributed by atoms with E-state index in [9.17, 15) is 13.2 Å². The zero-order chi connectivity index (χ0) is 13.3. The SMILES string of the molecule is Cc1ccc(S(=O)(=O)N[C@H]2CC[C@@H](C(=O)O)C2)s1. The van der Waals surface area contributed by atoms with Crippen LogP contribution in [0.5, 0.6) is 0 Å². The molecule has 0 aromatic carbocycles. The van der Waals surface area contributed by atoms with E-state index in [1.807, 2.05) is 6.92 Å². The summed E-state index contributed by atoms with van der Waals surface area (Å²) < 4.78 is 26.9. The minimum absolute atomic E-state index is 0.265. The van der Waals surface area contributed by atoms with Gasteiger partial charge in [0.2, 0.25) is 10.0 Å². The van der Waals surface area contributed by atoms with Crippen LogP contribution in [0.3, 0.4) is 0 Å². The first-order valence-corrected chi connectivity index (χ1v) is 8.00. The standard InChI is InChI=1S/C11H15NO4S2/c1-7-2-5-10(17-7)18(15,16)12-9-4-3-8(6-9)11(13)14/h2,5,8-9,12H,3-4,6H2,1H3,(H,13,14)/t8-,9+/m1/s1. The smallest absolute Gasteiger partial charge is 0.306 e. The molecule has 2 N–H and O–H groups in total. The predicted octanol–water partition coefficient (Wildman–Crippen LogP) is 1.59. The monoisotopic (exact) mass is 289 g/mol. The van der Waals surface area contributed by atoms with Crippen LogP contribution in [-0.4, -0.2) is 25.5 Å². The molecule has 2 rings (SSSR count). The van der Waals surface area contributed by atoms with E-state index in [1.165, 1.54) is 11.3 Å². The summed E-state index contributed by atoms with van der Waals surface area (Å²) in [6.45, 7) is 1.85. The number of rotatable bonds is 4. The lowest BCUT2D eigenvalue weighted by atomic mass is 10.1. The molecule has 0 aliphatic heterocycles. The van der Waals surface area contributed by atoms with Gasteiger partial charge in [0.1, 0.15) is 4.21 Å². The van der Waals surface area contributed by atoms with E-state index in [4.69, 9.17) is 5.11 Å². The summed E-state index contributed by atoms with van der Waals surface area (Å²) in [5.74, 6) is -1.27. The van der Waals surface area contributed by atoms with E-state index in [0.29, 0.717) is 23.5 Å². The molecule has 5 nitrogen and oxygen atoms in total. The fourth-order valence-electron chi connectivity index (χ4n) is 2.15. The molecule has 0 bridgehead atoms. The Morgan fingerprint density at radius 3 is 2.67 bits per heavy atom. The molecule has 0 unspecified atom stereocenters. The molecular formula is C11H15NO4S2. The van der Waals surface area contributed by atoms with E-state index in [1.54, 1.807) is 12.1 Å². The molecule has 1 aromatic rings. The van der Waals surface area contributed by atoms with Gasteiger partial charge in [-0.15, -0.1) is 11.3 Å². The van der Waals surface area contributed by atoms with Gasteiger partial charge < -0.3 is 5.11 Å². The molecule has 0 radical (unpaired) electrons. The van der Waals surface area contributed by atoms with Crippen LogP contribution in [0.15, 0.2) is 16.3 Å². The molecule has 7 heteroatoms. The van der Waals surface area contributed by atoms with Crippen molar-refractivity contribution in [2.75, 3.05) is 0 Å². The molecule has 2 atom stereocenters. The number of thiophene rings is 1. The maximum Gasteiger partial charge on any atom is 0.306 e. The van der Waals surface area contributed by atoms with E-state index in [2.05, 4.69) is 4.72 Å². The van der Waals surface area contributed by atoms with Gasteiger partial charge in [0.05, 0.1) is 5.92 Å². The van der Waals surface area contributed by atoms with Crippen molar-refractivity contribution in [3.63, 3.8) is 0 Å². The number of aryl methyl sites for hydroxylation is 1. The van der Waals surface area contributed by atoms with Crippen LogP contribution >= 0.6 is 11.3 Å². The van der Waals surface area contributed by atoms with Gasteiger partial charge in [0.15, 0.2) is 0 Å². The van der Waals surface area contributed by atoms with Crippen molar-refractivity contribution in [1.82, 2.24) is 4.72 Å². The fraction of sp³-hybridized carbons (Fsp3) is 0.545. The Morgan fingerprint density at radius 1 is 1.44 bits per heavy atom. The van der Waals surface area contributed by atoms with Gasteiger partial charge in [-0.25, -0.2) is 13.1 Å². The van der Waals surface area contributed by atoms with Crippen LogP contribution < -0.4 is 4.72 Å². The zero-order valence-electron chi connectivity index (χ0n) is 9.92. The van der Waals surface area contributed by atoms with Gasteiger partial charge >= 0.3 is 5.97 Å². The number of carboxylic acid groups (broad SMARTS) is 1. The Bertz CT molecular complexity index is 549. The number of hydrogen-bond acceptors (Lipinski definition) is 4. The molecule has 18 heavy (non-hydrogen) atoms.